The van der Waals surface area contributed by atoms with Gasteiger partial charge in [0.05, 0.1) is 28.3 Å². The summed E-state index contributed by atoms with van der Waals surface area (Å²) in [6.07, 6.45) is 3.64. The fraction of sp³-hybridized carbons (Fsp3) is 0.320. The molecular weight excluding hydrogens is 440 g/mol. The number of hydrogen-bond acceptors (Lipinski definition) is 8. The number of aromatic nitrogens is 7. The summed E-state index contributed by atoms with van der Waals surface area (Å²) in [5.74, 6) is 0.898. The summed E-state index contributed by atoms with van der Waals surface area (Å²) < 4.78 is 0. The van der Waals surface area contributed by atoms with Crippen LogP contribution >= 0.6 is 0 Å². The van der Waals surface area contributed by atoms with Crippen molar-refractivity contribution < 1.29 is 0 Å². The minimum absolute atomic E-state index is 0.261. The van der Waals surface area contributed by atoms with Gasteiger partial charge in [0.15, 0.2) is 17.2 Å². The zero-order valence-electron chi connectivity index (χ0n) is 20.1. The third-order valence-corrected chi connectivity index (χ3v) is 6.64. The lowest BCUT2D eigenvalue weighted by atomic mass is 10.1. The van der Waals surface area contributed by atoms with Crippen molar-refractivity contribution >= 4 is 33.6 Å². The minimum atomic E-state index is 0.261. The zero-order chi connectivity index (χ0) is 24.1. The van der Waals surface area contributed by atoms with E-state index in [9.17, 15) is 0 Å². The van der Waals surface area contributed by atoms with E-state index in [1.54, 1.807) is 0 Å². The first-order valence-corrected chi connectivity index (χ1v) is 11.9. The fourth-order valence-electron chi connectivity index (χ4n) is 4.66. The van der Waals surface area contributed by atoms with Gasteiger partial charge in [-0.3, -0.25) is 10.1 Å². The van der Waals surface area contributed by atoms with Gasteiger partial charge in [0, 0.05) is 44.1 Å². The smallest absolute Gasteiger partial charge is 0.180 e. The second-order valence-electron chi connectivity index (χ2n) is 9.42. The molecule has 0 bridgehead atoms. The molecule has 178 valence electrons. The van der Waals surface area contributed by atoms with Crippen molar-refractivity contribution in [3.63, 3.8) is 0 Å². The van der Waals surface area contributed by atoms with Crippen LogP contribution in [0.2, 0.25) is 0 Å². The Bertz CT molecular complexity index is 1520. The van der Waals surface area contributed by atoms with Crippen molar-refractivity contribution in [1.82, 2.24) is 40.0 Å². The lowest BCUT2D eigenvalue weighted by molar-refractivity contribution is 0.313. The van der Waals surface area contributed by atoms with Gasteiger partial charge in [0.2, 0.25) is 0 Å². The van der Waals surface area contributed by atoms with Crippen LogP contribution in [0.5, 0.6) is 0 Å². The Labute approximate surface area is 202 Å². The number of pyridine rings is 3. The molecule has 1 aliphatic heterocycles. The van der Waals surface area contributed by atoms with E-state index < -0.39 is 0 Å². The molecule has 6 rings (SSSR count). The molecule has 0 aromatic carbocycles. The molecule has 1 fully saturated rings. The molecule has 10 nitrogen and oxygen atoms in total. The van der Waals surface area contributed by atoms with Crippen molar-refractivity contribution in [2.24, 2.45) is 0 Å². The molecule has 0 aliphatic carbocycles. The quantitative estimate of drug-likeness (QED) is 0.366. The number of rotatable bonds is 4. The molecule has 0 spiro atoms. The molecule has 5 aromatic heterocycles. The van der Waals surface area contributed by atoms with Crippen molar-refractivity contribution in [3.8, 4) is 22.8 Å². The standard InChI is InChI=1S/C25H28N10/c1-14(2)20-16(26)12-15(13-28-20)17-4-5-18-21(29-17)23(33-32-18)25-30-22-19(6-7-27-24(22)31-25)35-10-8-34(3)9-11-35/h4-7,12-14H,8-11,26H2,1-3H3,(H,32,33)(H,27,30,31). The second-order valence-corrected chi connectivity index (χ2v) is 9.42. The fourth-order valence-corrected chi connectivity index (χ4v) is 4.66. The molecule has 1 aliphatic rings. The average molecular weight is 469 g/mol. The Morgan fingerprint density at radius 2 is 1.86 bits per heavy atom. The van der Waals surface area contributed by atoms with E-state index >= 15 is 0 Å². The largest absolute Gasteiger partial charge is 0.397 e. The lowest BCUT2D eigenvalue weighted by Crippen LogP contribution is -2.44. The number of nitrogens with zero attached hydrogens (tertiary/aromatic N) is 7. The topological polar surface area (TPSA) is 129 Å². The zero-order valence-corrected chi connectivity index (χ0v) is 20.1. The number of likely N-dealkylation sites (N-methyl/N-ethyl adjacent to an activating group) is 1. The highest BCUT2D eigenvalue weighted by Crippen LogP contribution is 2.31. The van der Waals surface area contributed by atoms with E-state index in [4.69, 9.17) is 15.7 Å². The van der Waals surface area contributed by atoms with Gasteiger partial charge in [0.1, 0.15) is 11.0 Å². The van der Waals surface area contributed by atoms with Crippen LogP contribution in [-0.2, 0) is 0 Å². The number of anilines is 2. The number of imidazole rings is 1. The molecule has 4 N–H and O–H groups in total. The summed E-state index contributed by atoms with van der Waals surface area (Å²) in [6.45, 7) is 8.15. The second kappa shape index (κ2) is 8.31. The number of hydrogen-bond donors (Lipinski definition) is 3. The molecule has 5 aromatic rings. The molecule has 0 saturated carbocycles. The van der Waals surface area contributed by atoms with Gasteiger partial charge in [-0.1, -0.05) is 13.8 Å². The van der Waals surface area contributed by atoms with Crippen molar-refractivity contribution in [2.75, 3.05) is 43.9 Å². The van der Waals surface area contributed by atoms with Crippen LogP contribution in [0.1, 0.15) is 25.5 Å². The van der Waals surface area contributed by atoms with E-state index in [0.29, 0.717) is 22.9 Å². The molecule has 6 heterocycles. The first-order chi connectivity index (χ1) is 17.0. The Hall–Kier alpha value is -4.05. The molecule has 35 heavy (non-hydrogen) atoms. The van der Waals surface area contributed by atoms with E-state index in [1.807, 2.05) is 36.7 Å². The maximum atomic E-state index is 6.26. The van der Waals surface area contributed by atoms with Crippen molar-refractivity contribution in [3.05, 3.63) is 42.4 Å². The lowest BCUT2D eigenvalue weighted by Gasteiger charge is -2.34. The minimum Gasteiger partial charge on any atom is -0.397 e. The van der Waals surface area contributed by atoms with Crippen molar-refractivity contribution in [1.29, 1.82) is 0 Å². The number of fused-ring (bicyclic) bond motifs is 2. The van der Waals surface area contributed by atoms with Crippen LogP contribution < -0.4 is 10.6 Å². The molecule has 0 amide bonds. The highest BCUT2D eigenvalue weighted by atomic mass is 15.3. The van der Waals surface area contributed by atoms with Gasteiger partial charge in [-0.15, -0.1) is 0 Å². The summed E-state index contributed by atoms with van der Waals surface area (Å²) in [6, 6.07) is 7.90. The number of nitrogens with two attached hydrogens (primary N) is 1. The molecule has 0 radical (unpaired) electrons. The monoisotopic (exact) mass is 468 g/mol. The Balaban J connectivity index is 1.41. The predicted octanol–water partition coefficient (Wildman–Crippen LogP) is 3.42. The van der Waals surface area contributed by atoms with Gasteiger partial charge in [0.25, 0.3) is 0 Å². The first-order valence-electron chi connectivity index (χ1n) is 11.9. The highest BCUT2D eigenvalue weighted by molar-refractivity contribution is 5.93. The number of nitrogen functional groups attached to an aromatic ring is 1. The Morgan fingerprint density at radius 1 is 1.03 bits per heavy atom. The third-order valence-electron chi connectivity index (χ3n) is 6.64. The summed E-state index contributed by atoms with van der Waals surface area (Å²) in [5, 5.41) is 7.61. The number of aromatic amines is 2. The predicted molar refractivity (Wildman–Crippen MR) is 138 cm³/mol. The maximum Gasteiger partial charge on any atom is 0.180 e. The number of H-pyrrole nitrogens is 2. The Morgan fingerprint density at radius 3 is 2.63 bits per heavy atom. The summed E-state index contributed by atoms with van der Waals surface area (Å²) in [5.41, 5.74) is 14.4. The third kappa shape index (κ3) is 3.75. The summed E-state index contributed by atoms with van der Waals surface area (Å²) in [7, 11) is 2.15. The van der Waals surface area contributed by atoms with Gasteiger partial charge < -0.3 is 20.5 Å². The normalized spacial score (nSPS) is 15.0. The molecule has 10 heteroatoms. The summed E-state index contributed by atoms with van der Waals surface area (Å²) in [4.78, 5) is 26.9. The van der Waals surface area contributed by atoms with Crippen molar-refractivity contribution in [2.45, 2.75) is 19.8 Å². The van der Waals surface area contributed by atoms with E-state index in [0.717, 1.165) is 65.4 Å². The van der Waals surface area contributed by atoms with Gasteiger partial charge in [-0.2, -0.15) is 5.10 Å². The summed E-state index contributed by atoms with van der Waals surface area (Å²) >= 11 is 0. The maximum absolute atomic E-state index is 6.26. The number of piperazine rings is 1. The van der Waals surface area contributed by atoms with Crippen LogP contribution in [0.4, 0.5) is 11.4 Å². The Kier molecular flexibility index (Phi) is 5.10. The van der Waals surface area contributed by atoms with Gasteiger partial charge in [-0.25, -0.2) is 15.0 Å². The van der Waals surface area contributed by atoms with Crippen LogP contribution in [-0.4, -0.2) is 73.2 Å². The van der Waals surface area contributed by atoms with Gasteiger partial charge in [-0.05, 0) is 37.2 Å². The SMILES string of the molecule is CC(C)c1ncc(-c2ccc3[nH]nc(-c4nc5nccc(N6CCN(C)CC6)c5[nH]4)c3n2)cc1N. The first kappa shape index (κ1) is 21.5. The molecule has 1 saturated heterocycles. The van der Waals surface area contributed by atoms with Crippen LogP contribution in [0.25, 0.3) is 45.0 Å². The van der Waals surface area contributed by atoms with Gasteiger partial charge >= 0.3 is 0 Å². The molecule has 0 unspecified atom stereocenters. The molecular formula is C25H28N10. The highest BCUT2D eigenvalue weighted by Gasteiger charge is 2.21. The van der Waals surface area contributed by atoms with Crippen LogP contribution in [0, 0.1) is 0 Å². The average Bonchev–Trinajstić information content (AvgIpc) is 3.47. The van der Waals surface area contributed by atoms with E-state index in [1.165, 1.54) is 0 Å². The van der Waals surface area contributed by atoms with Crippen LogP contribution in [0.15, 0.2) is 36.7 Å². The molecule has 0 atom stereocenters. The number of nitrogens with one attached hydrogen (secondary N) is 2. The van der Waals surface area contributed by atoms with E-state index in [-0.39, 0.29) is 5.92 Å². The van der Waals surface area contributed by atoms with E-state index in [2.05, 4.69) is 55.8 Å². The van der Waals surface area contributed by atoms with Crippen LogP contribution in [0.3, 0.4) is 0 Å².